The van der Waals surface area contributed by atoms with Gasteiger partial charge in [0.15, 0.2) is 5.41 Å². The zero-order valence-electron chi connectivity index (χ0n) is 8.32. The number of nitriles is 2. The van der Waals surface area contributed by atoms with Crippen LogP contribution in [0.4, 0.5) is 0 Å². The molecule has 3 aliphatic carbocycles. The molecule has 0 aromatic rings. The molecule has 0 N–H and O–H groups in total. The second-order valence-corrected chi connectivity index (χ2v) is 5.65. The molecule has 2 saturated carbocycles. The summed E-state index contributed by atoms with van der Waals surface area (Å²) in [6.07, 6.45) is 5.33. The predicted octanol–water partition coefficient (Wildman–Crippen LogP) is 3.16. The van der Waals surface area contributed by atoms with Crippen molar-refractivity contribution in [2.75, 3.05) is 0 Å². The third-order valence-corrected chi connectivity index (χ3v) is 4.68. The molecular weight excluding hydrogens is 243 g/mol. The Balaban J connectivity index is 2.16. The van der Waals surface area contributed by atoms with Gasteiger partial charge in [-0.1, -0.05) is 35.4 Å². The number of hydrogen-bond acceptors (Lipinski definition) is 2. The molecule has 4 heteroatoms. The van der Waals surface area contributed by atoms with Gasteiger partial charge in [-0.15, -0.1) is 0 Å². The van der Waals surface area contributed by atoms with Gasteiger partial charge in [0, 0.05) is 5.92 Å². The van der Waals surface area contributed by atoms with Gasteiger partial charge in [-0.05, 0) is 29.7 Å². The summed E-state index contributed by atoms with van der Waals surface area (Å²) < 4.78 is 0.116. The highest BCUT2D eigenvalue weighted by Crippen LogP contribution is 2.70. The topological polar surface area (TPSA) is 47.6 Å². The molecule has 0 heterocycles. The van der Waals surface area contributed by atoms with Crippen molar-refractivity contribution in [3.8, 4) is 12.1 Å². The van der Waals surface area contributed by atoms with Gasteiger partial charge in [0.05, 0.1) is 12.1 Å². The molecule has 2 bridgehead atoms. The van der Waals surface area contributed by atoms with Crippen molar-refractivity contribution in [2.45, 2.75) is 6.42 Å². The van der Waals surface area contributed by atoms with Gasteiger partial charge in [-0.25, -0.2) is 0 Å². The molecule has 2 nitrogen and oxygen atoms in total. The van der Waals surface area contributed by atoms with Crippen molar-refractivity contribution in [1.82, 2.24) is 0 Å². The fourth-order valence-electron chi connectivity index (χ4n) is 3.72. The zero-order valence-corrected chi connectivity index (χ0v) is 9.83. The van der Waals surface area contributed by atoms with Crippen molar-refractivity contribution in [2.24, 2.45) is 29.1 Å². The van der Waals surface area contributed by atoms with Crippen LogP contribution in [-0.2, 0) is 0 Å². The van der Waals surface area contributed by atoms with E-state index in [1.807, 2.05) is 0 Å². The smallest absolute Gasteiger partial charge is 0.171 e. The van der Waals surface area contributed by atoms with Crippen LogP contribution in [0.25, 0.3) is 0 Å². The van der Waals surface area contributed by atoms with Gasteiger partial charge in [0.2, 0.25) is 0 Å². The number of halogens is 2. The third kappa shape index (κ3) is 0.892. The first kappa shape index (κ1) is 10.2. The maximum Gasteiger partial charge on any atom is 0.171 e. The number of rotatable bonds is 0. The molecule has 0 saturated heterocycles. The largest absolute Gasteiger partial charge is 0.196 e. The summed E-state index contributed by atoms with van der Waals surface area (Å²) in [6.45, 7) is 0. The van der Waals surface area contributed by atoms with Crippen LogP contribution in [0.2, 0.25) is 0 Å². The molecule has 3 aliphatic rings. The van der Waals surface area contributed by atoms with E-state index in [0.717, 1.165) is 6.42 Å². The number of hydrogen-bond donors (Lipinski definition) is 0. The second kappa shape index (κ2) is 3.04. The molecule has 4 atom stereocenters. The lowest BCUT2D eigenvalue weighted by molar-refractivity contribution is 0.139. The van der Waals surface area contributed by atoms with E-state index in [1.165, 1.54) is 0 Å². The standard InChI is InChI=1S/C12H8Cl2N2/c13-11(14)10-8-6-1-2-7(3-6)9(8)12(10,4-15)5-16/h1-2,6-9H,3H2. The van der Waals surface area contributed by atoms with Gasteiger partial charge in [-0.2, -0.15) is 10.5 Å². The lowest BCUT2D eigenvalue weighted by Crippen LogP contribution is -2.51. The summed E-state index contributed by atoms with van der Waals surface area (Å²) >= 11 is 11.7. The van der Waals surface area contributed by atoms with Gasteiger partial charge >= 0.3 is 0 Å². The summed E-state index contributed by atoms with van der Waals surface area (Å²) in [4.78, 5) is 0. The van der Waals surface area contributed by atoms with E-state index in [-0.39, 0.29) is 16.3 Å². The Kier molecular flexibility index (Phi) is 1.94. The minimum atomic E-state index is -1.08. The normalized spacial score (nSPS) is 40.9. The van der Waals surface area contributed by atoms with Crippen LogP contribution in [-0.4, -0.2) is 0 Å². The molecule has 4 unspecified atom stereocenters. The molecule has 80 valence electrons. The van der Waals surface area contributed by atoms with Crippen LogP contribution in [0.15, 0.2) is 22.2 Å². The Morgan fingerprint density at radius 3 is 2.44 bits per heavy atom. The minimum Gasteiger partial charge on any atom is -0.196 e. The molecule has 2 fully saturated rings. The Morgan fingerprint density at radius 1 is 1.25 bits per heavy atom. The minimum absolute atomic E-state index is 0.0972. The molecule has 0 spiro atoms. The number of nitrogens with zero attached hydrogens (tertiary/aromatic N) is 2. The average Bonchev–Trinajstić information content (AvgIpc) is 2.77. The molecular formula is C12H8Cl2N2. The summed E-state index contributed by atoms with van der Waals surface area (Å²) in [5, 5.41) is 18.6. The van der Waals surface area contributed by atoms with Crippen LogP contribution < -0.4 is 0 Å². The zero-order chi connectivity index (χ0) is 11.5. The number of fused-ring (bicyclic) bond motifs is 5. The Morgan fingerprint density at radius 2 is 1.88 bits per heavy atom. The van der Waals surface area contributed by atoms with Crippen molar-refractivity contribution in [3.05, 3.63) is 22.2 Å². The maximum atomic E-state index is 9.28. The van der Waals surface area contributed by atoms with E-state index in [1.54, 1.807) is 0 Å². The van der Waals surface area contributed by atoms with Gasteiger partial charge in [-0.3, -0.25) is 0 Å². The van der Waals surface area contributed by atoms with E-state index in [9.17, 15) is 10.5 Å². The molecule has 16 heavy (non-hydrogen) atoms. The van der Waals surface area contributed by atoms with Crippen LogP contribution in [0.3, 0.4) is 0 Å². The van der Waals surface area contributed by atoms with Crippen molar-refractivity contribution < 1.29 is 0 Å². The maximum absolute atomic E-state index is 9.28. The second-order valence-electron chi connectivity index (χ2n) is 4.71. The Hall–Kier alpha value is -0.960. The highest BCUT2D eigenvalue weighted by Gasteiger charge is 2.68. The molecule has 0 amide bonds. The van der Waals surface area contributed by atoms with Crippen molar-refractivity contribution >= 4 is 23.2 Å². The van der Waals surface area contributed by atoms with Crippen molar-refractivity contribution in [3.63, 3.8) is 0 Å². The fourth-order valence-corrected chi connectivity index (χ4v) is 4.27. The van der Waals surface area contributed by atoms with Crippen LogP contribution in [0.1, 0.15) is 6.42 Å². The molecule has 0 aliphatic heterocycles. The highest BCUT2D eigenvalue weighted by molar-refractivity contribution is 6.56. The highest BCUT2D eigenvalue weighted by atomic mass is 35.5. The monoisotopic (exact) mass is 250 g/mol. The molecule has 0 radical (unpaired) electrons. The Bertz CT molecular complexity index is 488. The first-order valence-electron chi connectivity index (χ1n) is 5.22. The lowest BCUT2D eigenvalue weighted by Gasteiger charge is -2.50. The van der Waals surface area contributed by atoms with Crippen LogP contribution >= 0.6 is 23.2 Å². The van der Waals surface area contributed by atoms with E-state index in [4.69, 9.17) is 23.2 Å². The van der Waals surface area contributed by atoms with Crippen LogP contribution in [0, 0.1) is 51.7 Å². The summed E-state index contributed by atoms with van der Waals surface area (Å²) in [5.41, 5.74) is -0.420. The lowest BCUT2D eigenvalue weighted by atomic mass is 9.49. The molecule has 0 aromatic heterocycles. The van der Waals surface area contributed by atoms with Crippen LogP contribution in [0.5, 0.6) is 0 Å². The predicted molar refractivity (Wildman–Crippen MR) is 60.1 cm³/mol. The third-order valence-electron chi connectivity index (χ3n) is 4.27. The van der Waals surface area contributed by atoms with E-state index >= 15 is 0 Å². The summed E-state index contributed by atoms with van der Waals surface area (Å²) in [6, 6.07) is 4.26. The summed E-state index contributed by atoms with van der Waals surface area (Å²) in [5.74, 6) is 1.09. The summed E-state index contributed by atoms with van der Waals surface area (Å²) in [7, 11) is 0. The first-order chi connectivity index (χ1) is 7.65. The average molecular weight is 251 g/mol. The molecule has 0 aromatic carbocycles. The van der Waals surface area contributed by atoms with E-state index in [2.05, 4.69) is 24.3 Å². The SMILES string of the molecule is N#CC1(C#N)C(=C(Cl)Cl)C2C3C=CC(C3)C21. The molecule has 3 rings (SSSR count). The first-order valence-corrected chi connectivity index (χ1v) is 5.97. The van der Waals surface area contributed by atoms with E-state index < -0.39 is 5.41 Å². The van der Waals surface area contributed by atoms with E-state index in [0.29, 0.717) is 17.4 Å². The van der Waals surface area contributed by atoms with Gasteiger partial charge in [0.25, 0.3) is 0 Å². The van der Waals surface area contributed by atoms with Gasteiger partial charge < -0.3 is 0 Å². The van der Waals surface area contributed by atoms with Crippen molar-refractivity contribution in [1.29, 1.82) is 10.5 Å². The van der Waals surface area contributed by atoms with Gasteiger partial charge in [0.1, 0.15) is 4.49 Å². The number of allylic oxidation sites excluding steroid dienone is 3. The fraction of sp³-hybridized carbons (Fsp3) is 0.500. The Labute approximate surface area is 104 Å². The quantitative estimate of drug-likeness (QED) is 0.621.